The Morgan fingerprint density at radius 2 is 1.40 bits per heavy atom. The molecule has 0 radical (unpaired) electrons. The second-order valence-corrected chi connectivity index (χ2v) is 16.5. The van der Waals surface area contributed by atoms with Gasteiger partial charge in [-0.25, -0.2) is 13.4 Å². The van der Waals surface area contributed by atoms with Crippen LogP contribution >= 0.6 is 0 Å². The lowest BCUT2D eigenvalue weighted by molar-refractivity contribution is -0.124. The van der Waals surface area contributed by atoms with E-state index in [9.17, 15) is 22.8 Å². The van der Waals surface area contributed by atoms with E-state index in [0.29, 0.717) is 18.4 Å². The summed E-state index contributed by atoms with van der Waals surface area (Å²) in [5, 5.41) is 9.66. The van der Waals surface area contributed by atoms with Gasteiger partial charge in [-0.2, -0.15) is 0 Å². The van der Waals surface area contributed by atoms with Crippen molar-refractivity contribution in [3.63, 3.8) is 0 Å². The van der Waals surface area contributed by atoms with E-state index in [0.717, 1.165) is 22.8 Å². The van der Waals surface area contributed by atoms with Gasteiger partial charge in [0.25, 0.3) is 5.91 Å². The lowest BCUT2D eigenvalue weighted by Gasteiger charge is -2.33. The molecule has 1 aromatic heterocycles. The molecule has 4 aromatic rings. The molecule has 0 aliphatic carbocycles. The first-order chi connectivity index (χ1) is 23.7. The average molecular weight is 699 g/mol. The summed E-state index contributed by atoms with van der Waals surface area (Å²) < 4.78 is 30.4. The van der Waals surface area contributed by atoms with Crippen LogP contribution in [-0.2, 0) is 37.0 Å². The number of sulfone groups is 1. The standard InChI is InChI=1S/C39H46N4O6S/c1-25(2)31(22-26-14-8-6-9-15-26)41-34(44)24-33-35(49-33)32(23-27-16-10-7-11-17-27)42-38(46)36(39(3,4)50(5,47)48)43-37(45)30-21-20-28-18-12-13-19-29(28)40-30/h6-21,25,31-33,35-36H,22-24H2,1-5H3,(H,41,44)(H,42,46)(H,43,45)/t31-,32-,33-,35+,36+/m0/s1. The van der Waals surface area contributed by atoms with Gasteiger partial charge in [-0.05, 0) is 55.9 Å². The lowest BCUT2D eigenvalue weighted by Crippen LogP contribution is -2.62. The highest BCUT2D eigenvalue weighted by molar-refractivity contribution is 7.92. The van der Waals surface area contributed by atoms with Crippen molar-refractivity contribution in [1.29, 1.82) is 0 Å². The number of benzene rings is 3. The van der Waals surface area contributed by atoms with E-state index < -0.39 is 50.7 Å². The smallest absolute Gasteiger partial charge is 0.270 e. The second kappa shape index (κ2) is 15.5. The summed E-state index contributed by atoms with van der Waals surface area (Å²) >= 11 is 0. The van der Waals surface area contributed by atoms with Crippen LogP contribution in [-0.4, -0.2) is 72.5 Å². The number of carbonyl (C=O) groups excluding carboxylic acids is 3. The number of nitrogens with zero attached hydrogens (tertiary/aromatic N) is 1. The zero-order chi connectivity index (χ0) is 36.1. The van der Waals surface area contributed by atoms with Crippen LogP contribution in [0.4, 0.5) is 0 Å². The summed E-state index contributed by atoms with van der Waals surface area (Å²) in [5.74, 6) is -1.31. The monoisotopic (exact) mass is 698 g/mol. The zero-order valence-corrected chi connectivity index (χ0v) is 29.9. The molecule has 0 unspecified atom stereocenters. The molecule has 11 heteroatoms. The van der Waals surface area contributed by atoms with Crippen LogP contribution in [0.5, 0.6) is 0 Å². The van der Waals surface area contributed by atoms with E-state index in [-0.39, 0.29) is 30.0 Å². The average Bonchev–Trinajstić information content (AvgIpc) is 3.85. The number of para-hydroxylation sites is 1. The first-order valence-electron chi connectivity index (χ1n) is 16.9. The Balaban J connectivity index is 1.33. The maximum atomic E-state index is 14.1. The molecule has 0 spiro atoms. The van der Waals surface area contributed by atoms with Crippen molar-refractivity contribution in [3.05, 3.63) is 114 Å². The SMILES string of the molecule is CC(C)[C@H](Cc1ccccc1)NC(=O)C[C@@H]1O[C@@H]1[C@H](Cc1ccccc1)NC(=O)[C@@H](NC(=O)c1ccc2ccccc2n1)C(C)(C)S(C)(=O)=O. The van der Waals surface area contributed by atoms with Gasteiger partial charge in [0, 0.05) is 17.7 Å². The van der Waals surface area contributed by atoms with Gasteiger partial charge in [0.15, 0.2) is 9.84 Å². The van der Waals surface area contributed by atoms with E-state index >= 15 is 0 Å². The first-order valence-corrected chi connectivity index (χ1v) is 18.8. The molecular weight excluding hydrogens is 653 g/mol. The minimum atomic E-state index is -3.86. The van der Waals surface area contributed by atoms with E-state index in [1.54, 1.807) is 18.2 Å². The van der Waals surface area contributed by atoms with Gasteiger partial charge in [-0.1, -0.05) is 98.8 Å². The van der Waals surface area contributed by atoms with Crippen molar-refractivity contribution in [2.45, 2.75) is 82.0 Å². The summed E-state index contributed by atoms with van der Waals surface area (Å²) in [4.78, 5) is 45.3. The molecule has 50 heavy (non-hydrogen) atoms. The summed E-state index contributed by atoms with van der Waals surface area (Å²) in [5.41, 5.74) is 2.69. The zero-order valence-electron chi connectivity index (χ0n) is 29.1. The predicted molar refractivity (Wildman–Crippen MR) is 194 cm³/mol. The molecule has 5 atom stereocenters. The number of hydrogen-bond acceptors (Lipinski definition) is 7. The molecule has 1 saturated heterocycles. The largest absolute Gasteiger partial charge is 0.367 e. The Labute approximate surface area is 294 Å². The molecule has 3 aromatic carbocycles. The number of aromatic nitrogens is 1. The molecule has 264 valence electrons. The third-order valence-electron chi connectivity index (χ3n) is 9.50. The van der Waals surface area contributed by atoms with Crippen LogP contribution in [0.1, 0.15) is 55.7 Å². The van der Waals surface area contributed by atoms with E-state index in [1.165, 1.54) is 19.9 Å². The van der Waals surface area contributed by atoms with E-state index in [1.807, 2.05) is 72.8 Å². The van der Waals surface area contributed by atoms with Crippen molar-refractivity contribution < 1.29 is 27.5 Å². The quantitative estimate of drug-likeness (QED) is 0.156. The number of hydrogen-bond donors (Lipinski definition) is 3. The van der Waals surface area contributed by atoms with Gasteiger partial charge in [-0.15, -0.1) is 0 Å². The van der Waals surface area contributed by atoms with Crippen LogP contribution in [0.15, 0.2) is 97.1 Å². The summed E-state index contributed by atoms with van der Waals surface area (Å²) in [6.07, 6.45) is 1.25. The molecule has 1 aliphatic rings. The number of fused-ring (bicyclic) bond motifs is 1. The van der Waals surface area contributed by atoms with Crippen LogP contribution in [0, 0.1) is 5.92 Å². The number of pyridine rings is 1. The number of nitrogens with one attached hydrogen (secondary N) is 3. The van der Waals surface area contributed by atoms with Gasteiger partial charge in [0.2, 0.25) is 11.8 Å². The van der Waals surface area contributed by atoms with Gasteiger partial charge in [0.1, 0.15) is 17.8 Å². The Morgan fingerprint density at radius 3 is 2.02 bits per heavy atom. The minimum Gasteiger partial charge on any atom is -0.367 e. The highest BCUT2D eigenvalue weighted by Gasteiger charge is 2.49. The van der Waals surface area contributed by atoms with Gasteiger partial charge in [-0.3, -0.25) is 14.4 Å². The van der Waals surface area contributed by atoms with Crippen molar-refractivity contribution >= 4 is 38.5 Å². The molecule has 10 nitrogen and oxygen atoms in total. The summed E-state index contributed by atoms with van der Waals surface area (Å²) in [6.45, 7) is 6.96. The second-order valence-electron chi connectivity index (χ2n) is 13.9. The van der Waals surface area contributed by atoms with Crippen LogP contribution in [0.3, 0.4) is 0 Å². The maximum absolute atomic E-state index is 14.1. The molecule has 0 saturated carbocycles. The molecule has 2 heterocycles. The van der Waals surface area contributed by atoms with Crippen molar-refractivity contribution in [2.24, 2.45) is 5.92 Å². The Kier molecular flexibility index (Phi) is 11.4. The topological polar surface area (TPSA) is 147 Å². The molecule has 1 aliphatic heterocycles. The Bertz CT molecular complexity index is 1920. The van der Waals surface area contributed by atoms with Gasteiger partial charge < -0.3 is 20.7 Å². The van der Waals surface area contributed by atoms with Crippen LogP contribution in [0.25, 0.3) is 10.9 Å². The number of carbonyl (C=O) groups is 3. The Morgan fingerprint density at radius 1 is 0.800 bits per heavy atom. The summed E-state index contributed by atoms with van der Waals surface area (Å²) in [7, 11) is -3.86. The third-order valence-corrected chi connectivity index (χ3v) is 11.6. The fraction of sp³-hybridized carbons (Fsp3) is 0.385. The molecular formula is C39H46N4O6S. The van der Waals surface area contributed by atoms with E-state index in [4.69, 9.17) is 4.74 Å². The third kappa shape index (κ3) is 9.13. The maximum Gasteiger partial charge on any atom is 0.270 e. The first kappa shape index (κ1) is 36.7. The molecule has 1 fully saturated rings. The fourth-order valence-electron chi connectivity index (χ4n) is 5.99. The number of epoxide rings is 1. The normalized spacial score (nSPS) is 17.8. The lowest BCUT2D eigenvalue weighted by atomic mass is 9.95. The molecule has 3 amide bonds. The van der Waals surface area contributed by atoms with Crippen molar-refractivity contribution in [2.75, 3.05) is 6.26 Å². The summed E-state index contributed by atoms with van der Waals surface area (Å²) in [6, 6.07) is 27.9. The van der Waals surface area contributed by atoms with Crippen LogP contribution < -0.4 is 16.0 Å². The fourth-order valence-corrected chi connectivity index (χ4v) is 6.59. The number of ether oxygens (including phenoxy) is 1. The Hall–Kier alpha value is -4.61. The van der Waals surface area contributed by atoms with Gasteiger partial charge >= 0.3 is 0 Å². The molecule has 0 bridgehead atoms. The number of rotatable bonds is 15. The number of amides is 3. The van der Waals surface area contributed by atoms with Crippen molar-refractivity contribution in [3.8, 4) is 0 Å². The molecule has 5 rings (SSSR count). The van der Waals surface area contributed by atoms with Gasteiger partial charge in [0.05, 0.1) is 28.8 Å². The van der Waals surface area contributed by atoms with Crippen LogP contribution in [0.2, 0.25) is 0 Å². The molecule has 3 N–H and O–H groups in total. The predicted octanol–water partition coefficient (Wildman–Crippen LogP) is 4.42. The highest BCUT2D eigenvalue weighted by atomic mass is 32.2. The highest BCUT2D eigenvalue weighted by Crippen LogP contribution is 2.31. The van der Waals surface area contributed by atoms with Crippen molar-refractivity contribution in [1.82, 2.24) is 20.9 Å². The van der Waals surface area contributed by atoms with E-state index in [2.05, 4.69) is 34.8 Å². The minimum absolute atomic E-state index is 0.0511.